The van der Waals surface area contributed by atoms with Gasteiger partial charge >= 0.3 is 0 Å². The van der Waals surface area contributed by atoms with Crippen LogP contribution in [0.2, 0.25) is 0 Å². The molecule has 3 N–H and O–H groups in total. The van der Waals surface area contributed by atoms with Crippen LogP contribution >= 0.6 is 0 Å². The van der Waals surface area contributed by atoms with E-state index >= 15 is 0 Å². The molecule has 0 bridgehead atoms. The second-order valence-corrected chi connectivity index (χ2v) is 6.49. The monoisotopic (exact) mass is 394 g/mol. The third-order valence-corrected chi connectivity index (χ3v) is 4.35. The lowest BCUT2D eigenvalue weighted by Crippen LogP contribution is -2.47. The number of halogens is 1. The first-order valence-electron chi connectivity index (χ1n) is 8.83. The van der Waals surface area contributed by atoms with Crippen molar-refractivity contribution in [1.29, 1.82) is 0 Å². The van der Waals surface area contributed by atoms with E-state index in [2.05, 4.69) is 10.4 Å². The van der Waals surface area contributed by atoms with Gasteiger partial charge in [0.15, 0.2) is 0 Å². The summed E-state index contributed by atoms with van der Waals surface area (Å²) in [5, 5.41) is 6.71. The van der Waals surface area contributed by atoms with Gasteiger partial charge in [-0.3, -0.25) is 19.1 Å². The summed E-state index contributed by atoms with van der Waals surface area (Å²) in [5.74, 6) is -3.26. The zero-order valence-corrected chi connectivity index (χ0v) is 15.6. The summed E-state index contributed by atoms with van der Waals surface area (Å²) in [6, 6.07) is 13.7. The first-order chi connectivity index (χ1) is 13.9. The lowest BCUT2D eigenvalue weighted by molar-refractivity contribution is -0.137. The number of ketones is 1. The molecule has 3 rings (SSSR count). The number of nitrogens with zero attached hydrogens (tertiary/aromatic N) is 2. The fraction of sp³-hybridized carbons (Fsp3) is 0.143. The predicted octanol–water partition coefficient (Wildman–Crippen LogP) is 1.62. The van der Waals surface area contributed by atoms with Crippen LogP contribution in [-0.2, 0) is 23.1 Å². The van der Waals surface area contributed by atoms with E-state index in [0.717, 1.165) is 5.56 Å². The SMILES string of the molecule is Cn1cc(C(=O)N[C@@H](Cc2ccccc2)C(=O)C(N)=O)c(-c2ccccc2F)n1. The van der Waals surface area contributed by atoms with E-state index in [9.17, 15) is 18.8 Å². The lowest BCUT2D eigenvalue weighted by atomic mass is 10.0. The highest BCUT2D eigenvalue weighted by Crippen LogP contribution is 2.24. The summed E-state index contributed by atoms with van der Waals surface area (Å²) in [7, 11) is 1.59. The summed E-state index contributed by atoms with van der Waals surface area (Å²) in [4.78, 5) is 36.6. The Bertz CT molecular complexity index is 1060. The second-order valence-electron chi connectivity index (χ2n) is 6.49. The van der Waals surface area contributed by atoms with Crippen molar-refractivity contribution >= 4 is 17.6 Å². The minimum atomic E-state index is -1.16. The summed E-state index contributed by atoms with van der Waals surface area (Å²) >= 11 is 0. The minimum absolute atomic E-state index is 0.0768. The number of hydrogen-bond donors (Lipinski definition) is 2. The molecule has 0 aliphatic heterocycles. The Labute approximate surface area is 166 Å². The molecule has 1 aromatic heterocycles. The highest BCUT2D eigenvalue weighted by atomic mass is 19.1. The molecule has 1 atom stereocenters. The Balaban J connectivity index is 1.91. The van der Waals surface area contributed by atoms with E-state index in [4.69, 9.17) is 5.73 Å². The molecule has 0 saturated carbocycles. The van der Waals surface area contributed by atoms with Gasteiger partial charge in [0, 0.05) is 25.2 Å². The zero-order chi connectivity index (χ0) is 21.0. The van der Waals surface area contributed by atoms with E-state index < -0.39 is 29.5 Å². The van der Waals surface area contributed by atoms with Gasteiger partial charge in [-0.15, -0.1) is 0 Å². The van der Waals surface area contributed by atoms with Crippen LogP contribution in [0.3, 0.4) is 0 Å². The zero-order valence-electron chi connectivity index (χ0n) is 15.6. The molecule has 29 heavy (non-hydrogen) atoms. The third kappa shape index (κ3) is 4.55. The van der Waals surface area contributed by atoms with Gasteiger partial charge in [0.1, 0.15) is 17.6 Å². The van der Waals surface area contributed by atoms with Gasteiger partial charge in [0.25, 0.3) is 11.8 Å². The smallest absolute Gasteiger partial charge is 0.287 e. The molecule has 0 spiro atoms. The molecule has 148 valence electrons. The van der Waals surface area contributed by atoms with E-state index in [1.54, 1.807) is 37.4 Å². The highest BCUT2D eigenvalue weighted by Gasteiger charge is 2.28. The molecular formula is C21H19FN4O3. The van der Waals surface area contributed by atoms with E-state index in [1.807, 2.05) is 6.07 Å². The summed E-state index contributed by atoms with van der Waals surface area (Å²) in [6.07, 6.45) is 1.51. The van der Waals surface area contributed by atoms with Crippen LogP contribution in [0, 0.1) is 5.82 Å². The van der Waals surface area contributed by atoms with E-state index in [0.29, 0.717) is 0 Å². The maximum Gasteiger partial charge on any atom is 0.287 e. The van der Waals surface area contributed by atoms with Crippen molar-refractivity contribution < 1.29 is 18.8 Å². The molecule has 0 saturated heterocycles. The number of nitrogens with one attached hydrogen (secondary N) is 1. The van der Waals surface area contributed by atoms with Crippen molar-refractivity contribution in [3.63, 3.8) is 0 Å². The van der Waals surface area contributed by atoms with Crippen molar-refractivity contribution in [2.24, 2.45) is 12.8 Å². The van der Waals surface area contributed by atoms with Crippen LogP contribution in [0.15, 0.2) is 60.8 Å². The second kappa shape index (κ2) is 8.47. The average Bonchev–Trinajstić information content (AvgIpc) is 3.09. The molecule has 0 fully saturated rings. The molecule has 8 heteroatoms. The van der Waals surface area contributed by atoms with Crippen LogP contribution in [-0.4, -0.2) is 33.4 Å². The molecular weight excluding hydrogens is 375 g/mol. The normalized spacial score (nSPS) is 11.7. The number of amides is 2. The number of Topliss-reactive ketones (excluding diaryl/α,β-unsaturated/α-hetero) is 1. The molecule has 2 amide bonds. The lowest BCUT2D eigenvalue weighted by Gasteiger charge is -2.16. The Hall–Kier alpha value is -3.81. The maximum atomic E-state index is 14.2. The predicted molar refractivity (Wildman–Crippen MR) is 104 cm³/mol. The quantitative estimate of drug-likeness (QED) is 0.594. The molecule has 0 radical (unpaired) electrons. The summed E-state index contributed by atoms with van der Waals surface area (Å²) < 4.78 is 15.6. The van der Waals surface area contributed by atoms with Gasteiger partial charge in [0.2, 0.25) is 5.78 Å². The van der Waals surface area contributed by atoms with Crippen molar-refractivity contribution in [3.05, 3.63) is 77.7 Å². The molecule has 7 nitrogen and oxygen atoms in total. The van der Waals surface area contributed by atoms with Crippen LogP contribution < -0.4 is 11.1 Å². The van der Waals surface area contributed by atoms with E-state index in [1.165, 1.54) is 29.1 Å². The van der Waals surface area contributed by atoms with Crippen molar-refractivity contribution in [3.8, 4) is 11.3 Å². The van der Waals surface area contributed by atoms with Crippen LogP contribution in [0.1, 0.15) is 15.9 Å². The van der Waals surface area contributed by atoms with Gasteiger partial charge in [-0.2, -0.15) is 5.10 Å². The highest BCUT2D eigenvalue weighted by molar-refractivity contribution is 6.38. The number of primary amides is 1. The molecule has 0 unspecified atom stereocenters. The van der Waals surface area contributed by atoms with Gasteiger partial charge in [-0.1, -0.05) is 42.5 Å². The Morgan fingerprint density at radius 3 is 2.41 bits per heavy atom. The largest absolute Gasteiger partial charge is 0.363 e. The van der Waals surface area contributed by atoms with Crippen molar-refractivity contribution in [2.45, 2.75) is 12.5 Å². The number of carbonyl (C=O) groups is 3. The number of hydrogen-bond acceptors (Lipinski definition) is 4. The Kier molecular flexibility index (Phi) is 5.82. The number of aromatic nitrogens is 2. The molecule has 0 aliphatic carbocycles. The summed E-state index contributed by atoms with van der Waals surface area (Å²) in [6.45, 7) is 0. The fourth-order valence-corrected chi connectivity index (χ4v) is 2.97. The maximum absolute atomic E-state index is 14.2. The standard InChI is InChI=1S/C21H19FN4O3/c1-26-12-15(18(25-26)14-9-5-6-10-16(14)22)21(29)24-17(19(27)20(23)28)11-13-7-3-2-4-8-13/h2-10,12,17H,11H2,1H3,(H2,23,28)(H,24,29)/t17-/m0/s1. The van der Waals surface area contributed by atoms with Crippen LogP contribution in [0.5, 0.6) is 0 Å². The Morgan fingerprint density at radius 2 is 1.76 bits per heavy atom. The minimum Gasteiger partial charge on any atom is -0.363 e. The molecule has 0 aliphatic rings. The topological polar surface area (TPSA) is 107 Å². The molecule has 1 heterocycles. The molecule has 3 aromatic rings. The van der Waals surface area contributed by atoms with Gasteiger partial charge in [0.05, 0.1) is 5.56 Å². The van der Waals surface area contributed by atoms with Gasteiger partial charge in [-0.05, 0) is 17.7 Å². The number of aryl methyl sites for hydroxylation is 1. The van der Waals surface area contributed by atoms with Gasteiger partial charge in [-0.25, -0.2) is 4.39 Å². The van der Waals surface area contributed by atoms with E-state index in [-0.39, 0.29) is 23.2 Å². The van der Waals surface area contributed by atoms with Crippen LogP contribution in [0.4, 0.5) is 4.39 Å². The Morgan fingerprint density at radius 1 is 1.10 bits per heavy atom. The first-order valence-corrected chi connectivity index (χ1v) is 8.83. The average molecular weight is 394 g/mol. The molecule has 2 aromatic carbocycles. The number of rotatable bonds is 7. The van der Waals surface area contributed by atoms with Gasteiger partial charge < -0.3 is 11.1 Å². The summed E-state index contributed by atoms with van der Waals surface area (Å²) in [5.41, 5.74) is 6.25. The van der Waals surface area contributed by atoms with Crippen molar-refractivity contribution in [1.82, 2.24) is 15.1 Å². The van der Waals surface area contributed by atoms with Crippen LogP contribution in [0.25, 0.3) is 11.3 Å². The number of nitrogens with two attached hydrogens (primary N) is 1. The fourth-order valence-electron chi connectivity index (χ4n) is 2.97. The third-order valence-electron chi connectivity index (χ3n) is 4.35. The van der Waals surface area contributed by atoms with Crippen molar-refractivity contribution in [2.75, 3.05) is 0 Å². The number of carbonyl (C=O) groups excluding carboxylic acids is 3. The first kappa shape index (κ1) is 19.9. The number of benzene rings is 2.